The van der Waals surface area contributed by atoms with Gasteiger partial charge in [0, 0.05) is 13.2 Å². The van der Waals surface area contributed by atoms with E-state index in [9.17, 15) is 5.11 Å². The number of hydrogen-bond donors (Lipinski definition) is 2. The van der Waals surface area contributed by atoms with E-state index in [-0.39, 0.29) is 0 Å². The van der Waals surface area contributed by atoms with Crippen molar-refractivity contribution in [2.45, 2.75) is 56.3 Å². The molecule has 0 bridgehead atoms. The SMILES string of the molecule is COC1CCC(O)(C2CCCN2)CC1. The zero-order chi connectivity index (χ0) is 10.0. The van der Waals surface area contributed by atoms with Gasteiger partial charge in [-0.25, -0.2) is 0 Å². The van der Waals surface area contributed by atoms with Crippen LogP contribution in [0.3, 0.4) is 0 Å². The Morgan fingerprint density at radius 3 is 2.50 bits per heavy atom. The second-order valence-corrected chi connectivity index (χ2v) is 4.69. The van der Waals surface area contributed by atoms with Crippen molar-refractivity contribution >= 4 is 0 Å². The van der Waals surface area contributed by atoms with Crippen LogP contribution in [0.5, 0.6) is 0 Å². The summed E-state index contributed by atoms with van der Waals surface area (Å²) in [4.78, 5) is 0. The molecule has 0 aromatic carbocycles. The van der Waals surface area contributed by atoms with Crippen molar-refractivity contribution < 1.29 is 9.84 Å². The quantitative estimate of drug-likeness (QED) is 0.698. The average Bonchev–Trinajstić information content (AvgIpc) is 2.72. The number of ether oxygens (including phenoxy) is 1. The maximum absolute atomic E-state index is 10.5. The van der Waals surface area contributed by atoms with Gasteiger partial charge in [-0.3, -0.25) is 0 Å². The fourth-order valence-corrected chi connectivity index (χ4v) is 2.82. The summed E-state index contributed by atoms with van der Waals surface area (Å²) in [7, 11) is 1.77. The molecule has 1 aliphatic carbocycles. The fourth-order valence-electron chi connectivity index (χ4n) is 2.82. The Bertz CT molecular complexity index is 182. The first kappa shape index (κ1) is 10.4. The van der Waals surface area contributed by atoms with Gasteiger partial charge in [0.05, 0.1) is 11.7 Å². The zero-order valence-corrected chi connectivity index (χ0v) is 8.96. The molecule has 0 radical (unpaired) electrons. The molecular formula is C11H21NO2. The molecule has 1 atom stereocenters. The summed E-state index contributed by atoms with van der Waals surface area (Å²) in [6.07, 6.45) is 6.51. The van der Waals surface area contributed by atoms with Crippen molar-refractivity contribution in [1.82, 2.24) is 5.32 Å². The summed E-state index contributed by atoms with van der Waals surface area (Å²) >= 11 is 0. The summed E-state index contributed by atoms with van der Waals surface area (Å²) in [5, 5.41) is 13.9. The van der Waals surface area contributed by atoms with Crippen LogP contribution >= 0.6 is 0 Å². The van der Waals surface area contributed by atoms with E-state index >= 15 is 0 Å². The van der Waals surface area contributed by atoms with Gasteiger partial charge in [-0.05, 0) is 45.1 Å². The van der Waals surface area contributed by atoms with Gasteiger partial charge in [0.2, 0.25) is 0 Å². The Morgan fingerprint density at radius 2 is 2.00 bits per heavy atom. The first-order valence-electron chi connectivity index (χ1n) is 5.73. The van der Waals surface area contributed by atoms with E-state index in [0.29, 0.717) is 12.1 Å². The van der Waals surface area contributed by atoms with E-state index in [1.807, 2.05) is 0 Å². The molecule has 0 aromatic heterocycles. The van der Waals surface area contributed by atoms with E-state index < -0.39 is 5.60 Å². The van der Waals surface area contributed by atoms with E-state index in [0.717, 1.165) is 38.6 Å². The number of hydrogen-bond acceptors (Lipinski definition) is 3. The Kier molecular flexibility index (Phi) is 3.10. The molecule has 2 rings (SSSR count). The summed E-state index contributed by atoms with van der Waals surface area (Å²) in [5.41, 5.74) is -0.453. The summed E-state index contributed by atoms with van der Waals surface area (Å²) < 4.78 is 5.32. The molecule has 1 saturated carbocycles. The highest BCUT2D eigenvalue weighted by molar-refractivity contribution is 4.97. The standard InChI is InChI=1S/C11H21NO2/c1-14-9-4-6-11(13,7-5-9)10-3-2-8-12-10/h9-10,12-13H,2-8H2,1H3. The van der Waals surface area contributed by atoms with E-state index in [4.69, 9.17) is 4.74 Å². The van der Waals surface area contributed by atoms with Gasteiger partial charge in [0.1, 0.15) is 0 Å². The van der Waals surface area contributed by atoms with Crippen molar-refractivity contribution in [3.63, 3.8) is 0 Å². The monoisotopic (exact) mass is 199 g/mol. The van der Waals surface area contributed by atoms with Crippen LogP contribution in [0.25, 0.3) is 0 Å². The maximum Gasteiger partial charge on any atom is 0.0801 e. The molecule has 3 nitrogen and oxygen atoms in total. The molecule has 2 N–H and O–H groups in total. The lowest BCUT2D eigenvalue weighted by Crippen LogP contribution is -2.50. The van der Waals surface area contributed by atoms with Crippen molar-refractivity contribution in [2.24, 2.45) is 0 Å². The molecule has 0 spiro atoms. The van der Waals surface area contributed by atoms with Crippen LogP contribution in [-0.2, 0) is 4.74 Å². The number of methoxy groups -OCH3 is 1. The maximum atomic E-state index is 10.5. The van der Waals surface area contributed by atoms with Crippen LogP contribution in [0, 0.1) is 0 Å². The van der Waals surface area contributed by atoms with E-state index in [2.05, 4.69) is 5.32 Å². The van der Waals surface area contributed by atoms with Gasteiger partial charge in [-0.2, -0.15) is 0 Å². The lowest BCUT2D eigenvalue weighted by molar-refractivity contribution is -0.0624. The number of rotatable bonds is 2. The molecule has 82 valence electrons. The van der Waals surface area contributed by atoms with Gasteiger partial charge < -0.3 is 15.2 Å². The lowest BCUT2D eigenvalue weighted by atomic mass is 9.78. The predicted molar refractivity (Wildman–Crippen MR) is 55.2 cm³/mol. The zero-order valence-electron chi connectivity index (χ0n) is 8.96. The minimum Gasteiger partial charge on any atom is -0.388 e. The van der Waals surface area contributed by atoms with Crippen LogP contribution in [0.4, 0.5) is 0 Å². The Labute approximate surface area is 85.8 Å². The minimum atomic E-state index is -0.453. The van der Waals surface area contributed by atoms with Gasteiger partial charge in [0.25, 0.3) is 0 Å². The highest BCUT2D eigenvalue weighted by Crippen LogP contribution is 2.35. The molecular weight excluding hydrogens is 178 g/mol. The second-order valence-electron chi connectivity index (χ2n) is 4.69. The van der Waals surface area contributed by atoms with Crippen molar-refractivity contribution in [1.29, 1.82) is 0 Å². The third-order valence-corrected chi connectivity index (χ3v) is 3.84. The van der Waals surface area contributed by atoms with E-state index in [1.165, 1.54) is 6.42 Å². The number of nitrogens with one attached hydrogen (secondary N) is 1. The molecule has 14 heavy (non-hydrogen) atoms. The number of aliphatic hydroxyl groups is 1. The highest BCUT2D eigenvalue weighted by atomic mass is 16.5. The fraction of sp³-hybridized carbons (Fsp3) is 1.00. The molecule has 1 aliphatic heterocycles. The molecule has 1 unspecified atom stereocenters. The third-order valence-electron chi connectivity index (χ3n) is 3.84. The molecule has 0 amide bonds. The minimum absolute atomic E-state index is 0.334. The van der Waals surface area contributed by atoms with Crippen LogP contribution in [0.2, 0.25) is 0 Å². The van der Waals surface area contributed by atoms with Gasteiger partial charge in [-0.1, -0.05) is 0 Å². The molecule has 1 heterocycles. The Balaban J connectivity index is 1.90. The van der Waals surface area contributed by atoms with Crippen LogP contribution in [0.15, 0.2) is 0 Å². The highest BCUT2D eigenvalue weighted by Gasteiger charge is 2.41. The topological polar surface area (TPSA) is 41.5 Å². The van der Waals surface area contributed by atoms with Gasteiger partial charge >= 0.3 is 0 Å². The van der Waals surface area contributed by atoms with E-state index in [1.54, 1.807) is 7.11 Å². The van der Waals surface area contributed by atoms with Crippen LogP contribution < -0.4 is 5.32 Å². The first-order valence-corrected chi connectivity index (χ1v) is 5.73. The molecule has 3 heteroatoms. The molecule has 0 aromatic rings. The smallest absolute Gasteiger partial charge is 0.0801 e. The lowest BCUT2D eigenvalue weighted by Gasteiger charge is -2.39. The van der Waals surface area contributed by atoms with Crippen molar-refractivity contribution in [2.75, 3.05) is 13.7 Å². The first-order chi connectivity index (χ1) is 6.74. The summed E-state index contributed by atoms with van der Waals surface area (Å²) in [6, 6.07) is 0.334. The largest absolute Gasteiger partial charge is 0.388 e. The molecule has 2 fully saturated rings. The third kappa shape index (κ3) is 1.95. The summed E-state index contributed by atoms with van der Waals surface area (Å²) in [6.45, 7) is 1.07. The normalized spacial score (nSPS) is 44.1. The van der Waals surface area contributed by atoms with Crippen molar-refractivity contribution in [3.8, 4) is 0 Å². The van der Waals surface area contributed by atoms with Crippen LogP contribution in [-0.4, -0.2) is 36.5 Å². The molecule has 2 aliphatic rings. The Morgan fingerprint density at radius 1 is 1.29 bits per heavy atom. The van der Waals surface area contributed by atoms with Gasteiger partial charge in [0.15, 0.2) is 0 Å². The Hall–Kier alpha value is -0.120. The summed E-state index contributed by atoms with van der Waals surface area (Å²) in [5.74, 6) is 0. The average molecular weight is 199 g/mol. The van der Waals surface area contributed by atoms with Crippen molar-refractivity contribution in [3.05, 3.63) is 0 Å². The van der Waals surface area contributed by atoms with Crippen LogP contribution in [0.1, 0.15) is 38.5 Å². The molecule has 1 saturated heterocycles. The predicted octanol–water partition coefficient (Wildman–Crippen LogP) is 1.06. The second kappa shape index (κ2) is 4.17. The van der Waals surface area contributed by atoms with Gasteiger partial charge in [-0.15, -0.1) is 0 Å².